The maximum absolute atomic E-state index is 13.4. The lowest BCUT2D eigenvalue weighted by molar-refractivity contribution is 0.0156. The van der Waals surface area contributed by atoms with Crippen LogP contribution in [0.5, 0.6) is 5.75 Å². The van der Waals surface area contributed by atoms with Gasteiger partial charge in [0.15, 0.2) is 5.75 Å². The molecular formula is C27H31ClN6O4. The number of amides is 2. The van der Waals surface area contributed by atoms with Crippen LogP contribution in [0.3, 0.4) is 0 Å². The SMILES string of the molecule is COc1c(Cl)cccc1Nc1c(-c2ccncn2)[nH]c2c1C(=O)NCC21CCN(C(=O)OC(C)(C)C)CC1. The van der Waals surface area contributed by atoms with E-state index in [2.05, 4.69) is 25.6 Å². The number of hydrogen-bond donors (Lipinski definition) is 3. The highest BCUT2D eigenvalue weighted by molar-refractivity contribution is 6.32. The quantitative estimate of drug-likeness (QED) is 0.432. The molecule has 1 spiro atoms. The lowest BCUT2D eigenvalue weighted by Crippen LogP contribution is -2.54. The van der Waals surface area contributed by atoms with Crippen molar-refractivity contribution in [1.29, 1.82) is 0 Å². The summed E-state index contributed by atoms with van der Waals surface area (Å²) in [5.41, 5.74) is 2.86. The first-order valence-corrected chi connectivity index (χ1v) is 12.9. The molecular weight excluding hydrogens is 508 g/mol. The van der Waals surface area contributed by atoms with E-state index in [0.29, 0.717) is 71.6 Å². The number of likely N-dealkylation sites (tertiary alicyclic amines) is 1. The van der Waals surface area contributed by atoms with Gasteiger partial charge in [0, 0.05) is 36.9 Å². The minimum absolute atomic E-state index is 0.194. The number of rotatable bonds is 4. The Balaban J connectivity index is 1.56. The Kier molecular flexibility index (Phi) is 6.68. The Morgan fingerprint density at radius 2 is 1.97 bits per heavy atom. The van der Waals surface area contributed by atoms with Crippen LogP contribution in [-0.2, 0) is 10.2 Å². The van der Waals surface area contributed by atoms with Crippen molar-refractivity contribution < 1.29 is 19.1 Å². The second kappa shape index (κ2) is 9.83. The number of nitrogens with zero attached hydrogens (tertiary/aromatic N) is 3. The van der Waals surface area contributed by atoms with E-state index in [4.69, 9.17) is 21.1 Å². The molecule has 0 saturated carbocycles. The van der Waals surface area contributed by atoms with Crippen molar-refractivity contribution in [3.05, 3.63) is 53.1 Å². The van der Waals surface area contributed by atoms with Crippen molar-refractivity contribution in [2.24, 2.45) is 0 Å². The fourth-order valence-corrected chi connectivity index (χ4v) is 5.38. The summed E-state index contributed by atoms with van der Waals surface area (Å²) in [6.45, 7) is 7.06. The highest BCUT2D eigenvalue weighted by Crippen LogP contribution is 2.46. The summed E-state index contributed by atoms with van der Waals surface area (Å²) in [7, 11) is 1.55. The number of aromatic nitrogens is 3. The average Bonchev–Trinajstić information content (AvgIpc) is 3.27. The third-order valence-corrected chi connectivity index (χ3v) is 7.28. The van der Waals surface area contributed by atoms with Crippen LogP contribution >= 0.6 is 11.6 Å². The summed E-state index contributed by atoms with van der Waals surface area (Å²) in [6, 6.07) is 7.17. The third kappa shape index (κ3) is 4.76. The molecule has 0 aliphatic carbocycles. The molecule has 200 valence electrons. The monoisotopic (exact) mass is 538 g/mol. The number of nitrogens with one attached hydrogen (secondary N) is 3. The van der Waals surface area contributed by atoms with E-state index in [9.17, 15) is 9.59 Å². The van der Waals surface area contributed by atoms with Gasteiger partial charge in [0.05, 0.1) is 40.5 Å². The number of halogens is 1. The van der Waals surface area contributed by atoms with Crippen molar-refractivity contribution in [2.75, 3.05) is 32.1 Å². The summed E-state index contributed by atoms with van der Waals surface area (Å²) < 4.78 is 11.1. The number of piperidine rings is 1. The summed E-state index contributed by atoms with van der Waals surface area (Å²) >= 11 is 6.38. The molecule has 0 unspecified atom stereocenters. The Hall–Kier alpha value is -3.79. The van der Waals surface area contributed by atoms with Crippen LogP contribution in [0.15, 0.2) is 36.8 Å². The number of carbonyl (C=O) groups excluding carboxylic acids is 2. The zero-order chi connectivity index (χ0) is 27.1. The van der Waals surface area contributed by atoms with Gasteiger partial charge in [-0.25, -0.2) is 14.8 Å². The molecule has 10 nitrogen and oxygen atoms in total. The van der Waals surface area contributed by atoms with Gasteiger partial charge in [-0.2, -0.15) is 0 Å². The van der Waals surface area contributed by atoms with E-state index >= 15 is 0 Å². The van der Waals surface area contributed by atoms with Gasteiger partial charge in [0.2, 0.25) is 0 Å². The summed E-state index contributed by atoms with van der Waals surface area (Å²) in [6.07, 6.45) is 4.11. The highest BCUT2D eigenvalue weighted by atomic mass is 35.5. The minimum atomic E-state index is -0.563. The van der Waals surface area contributed by atoms with Gasteiger partial charge < -0.3 is 30.0 Å². The number of ether oxygens (including phenoxy) is 2. The standard InChI is InChI=1S/C27H31ClN6O4/c1-26(2,3)38-25(36)34-12-9-27(10-13-34)14-30-24(35)19-21(32-18-7-5-6-16(28)22(18)37-4)20(33-23(19)27)17-8-11-29-15-31-17/h5-8,11,15,32-33H,9-10,12-14H2,1-4H3,(H,30,35). The van der Waals surface area contributed by atoms with E-state index in [1.165, 1.54) is 6.33 Å². The van der Waals surface area contributed by atoms with E-state index in [1.54, 1.807) is 30.3 Å². The van der Waals surface area contributed by atoms with Crippen molar-refractivity contribution in [3.8, 4) is 17.1 Å². The van der Waals surface area contributed by atoms with Crippen molar-refractivity contribution >= 4 is 35.0 Å². The van der Waals surface area contributed by atoms with Crippen LogP contribution < -0.4 is 15.4 Å². The number of para-hydroxylation sites is 1. The summed E-state index contributed by atoms with van der Waals surface area (Å²) in [4.78, 5) is 39.8. The fraction of sp³-hybridized carbons (Fsp3) is 0.407. The molecule has 3 aromatic rings. The molecule has 4 heterocycles. The maximum atomic E-state index is 13.4. The predicted octanol–water partition coefficient (Wildman–Crippen LogP) is 4.89. The molecule has 2 aliphatic rings. The number of anilines is 2. The number of fused-ring (bicyclic) bond motifs is 2. The largest absolute Gasteiger partial charge is 0.493 e. The molecule has 1 saturated heterocycles. The van der Waals surface area contributed by atoms with Gasteiger partial charge in [-0.05, 0) is 51.8 Å². The first-order chi connectivity index (χ1) is 18.1. The molecule has 5 rings (SSSR count). The zero-order valence-corrected chi connectivity index (χ0v) is 22.6. The Labute approximate surface area is 226 Å². The Bertz CT molecular complexity index is 1360. The molecule has 38 heavy (non-hydrogen) atoms. The lowest BCUT2D eigenvalue weighted by Gasteiger charge is -2.43. The van der Waals surface area contributed by atoms with Crippen LogP contribution in [0.25, 0.3) is 11.4 Å². The van der Waals surface area contributed by atoms with E-state index in [-0.39, 0.29) is 17.4 Å². The normalized spacial score (nSPS) is 16.6. The van der Waals surface area contributed by atoms with E-state index < -0.39 is 5.60 Å². The van der Waals surface area contributed by atoms with Crippen molar-refractivity contribution in [1.82, 2.24) is 25.2 Å². The molecule has 2 amide bonds. The number of aromatic amines is 1. The van der Waals surface area contributed by atoms with Crippen LogP contribution in [-0.4, -0.2) is 64.2 Å². The second-order valence-corrected chi connectivity index (χ2v) is 11.0. The van der Waals surface area contributed by atoms with Gasteiger partial charge >= 0.3 is 6.09 Å². The van der Waals surface area contributed by atoms with Gasteiger partial charge in [0.25, 0.3) is 5.91 Å². The van der Waals surface area contributed by atoms with E-state index in [1.807, 2.05) is 32.9 Å². The molecule has 11 heteroatoms. The lowest BCUT2D eigenvalue weighted by atomic mass is 9.72. The molecule has 2 aromatic heterocycles. The topological polar surface area (TPSA) is 121 Å². The number of carbonyl (C=O) groups is 2. The smallest absolute Gasteiger partial charge is 0.410 e. The molecule has 2 aliphatic heterocycles. The van der Waals surface area contributed by atoms with Gasteiger partial charge in [-0.15, -0.1) is 0 Å². The Morgan fingerprint density at radius 3 is 2.63 bits per heavy atom. The second-order valence-electron chi connectivity index (χ2n) is 10.6. The summed E-state index contributed by atoms with van der Waals surface area (Å²) in [5, 5.41) is 6.93. The maximum Gasteiger partial charge on any atom is 0.410 e. The zero-order valence-electron chi connectivity index (χ0n) is 21.9. The molecule has 0 atom stereocenters. The van der Waals surface area contributed by atoms with Crippen molar-refractivity contribution in [2.45, 2.75) is 44.6 Å². The molecule has 1 aromatic carbocycles. The number of H-pyrrole nitrogens is 1. The first-order valence-electron chi connectivity index (χ1n) is 12.5. The molecule has 3 N–H and O–H groups in total. The molecule has 1 fully saturated rings. The van der Waals surface area contributed by atoms with Crippen LogP contribution in [0.1, 0.15) is 49.7 Å². The first kappa shape index (κ1) is 25.8. The predicted molar refractivity (Wildman–Crippen MR) is 144 cm³/mol. The summed E-state index contributed by atoms with van der Waals surface area (Å²) in [5.74, 6) is 0.273. The number of methoxy groups -OCH3 is 1. The van der Waals surface area contributed by atoms with E-state index in [0.717, 1.165) is 5.69 Å². The highest BCUT2D eigenvalue weighted by Gasteiger charge is 2.46. The molecule has 0 bridgehead atoms. The third-order valence-electron chi connectivity index (χ3n) is 6.99. The van der Waals surface area contributed by atoms with Crippen molar-refractivity contribution in [3.63, 3.8) is 0 Å². The number of benzene rings is 1. The number of hydrogen-bond acceptors (Lipinski definition) is 7. The average molecular weight is 539 g/mol. The van der Waals surface area contributed by atoms with Gasteiger partial charge in [0.1, 0.15) is 11.9 Å². The van der Waals surface area contributed by atoms with Crippen LogP contribution in [0, 0.1) is 0 Å². The van der Waals surface area contributed by atoms with Crippen LogP contribution in [0.2, 0.25) is 5.02 Å². The fourth-order valence-electron chi connectivity index (χ4n) is 5.13. The van der Waals surface area contributed by atoms with Gasteiger partial charge in [-0.1, -0.05) is 17.7 Å². The molecule has 0 radical (unpaired) electrons. The van der Waals surface area contributed by atoms with Crippen LogP contribution in [0.4, 0.5) is 16.2 Å². The van der Waals surface area contributed by atoms with Gasteiger partial charge in [-0.3, -0.25) is 4.79 Å². The minimum Gasteiger partial charge on any atom is -0.493 e. The Morgan fingerprint density at radius 1 is 1.21 bits per heavy atom.